The van der Waals surface area contributed by atoms with Crippen molar-refractivity contribution in [3.05, 3.63) is 73.8 Å². The molecule has 0 unspecified atom stereocenters. The molecule has 0 aliphatic rings. The number of benzene rings is 2. The predicted molar refractivity (Wildman–Crippen MR) is 92.2 cm³/mol. The molecule has 0 heterocycles. The van der Waals surface area contributed by atoms with E-state index < -0.39 is 22.4 Å². The molecular weight excluding hydrogens is 344 g/mol. The molecule has 0 saturated carbocycles. The second kappa shape index (κ2) is 8.33. The van der Waals surface area contributed by atoms with Gasteiger partial charge in [0.25, 0.3) is 11.6 Å². The summed E-state index contributed by atoms with van der Waals surface area (Å²) in [7, 11) is 0. The van der Waals surface area contributed by atoms with Crippen molar-refractivity contribution in [3.63, 3.8) is 0 Å². The van der Waals surface area contributed by atoms with Crippen molar-refractivity contribution in [2.24, 2.45) is 5.10 Å². The van der Waals surface area contributed by atoms with E-state index in [1.54, 1.807) is 13.0 Å². The van der Waals surface area contributed by atoms with Gasteiger partial charge < -0.3 is 4.74 Å². The van der Waals surface area contributed by atoms with Crippen molar-refractivity contribution < 1.29 is 19.4 Å². The zero-order valence-electron chi connectivity index (χ0n) is 13.6. The van der Waals surface area contributed by atoms with Crippen LogP contribution in [0.1, 0.15) is 11.1 Å². The summed E-state index contributed by atoms with van der Waals surface area (Å²) in [5.74, 6) is -0.631. The third kappa shape index (κ3) is 5.09. The van der Waals surface area contributed by atoms with Crippen LogP contribution in [-0.4, -0.2) is 28.6 Å². The average Bonchev–Trinajstić information content (AvgIpc) is 2.61. The number of nitro benzene ring substituents is 2. The Balaban J connectivity index is 1.89. The summed E-state index contributed by atoms with van der Waals surface area (Å²) in [5.41, 5.74) is 3.16. The molecule has 0 aliphatic heterocycles. The molecule has 10 nitrogen and oxygen atoms in total. The fourth-order valence-electron chi connectivity index (χ4n) is 1.93. The first-order chi connectivity index (χ1) is 12.4. The summed E-state index contributed by atoms with van der Waals surface area (Å²) in [6, 6.07) is 9.96. The van der Waals surface area contributed by atoms with Crippen molar-refractivity contribution in [2.45, 2.75) is 6.92 Å². The van der Waals surface area contributed by atoms with Crippen LogP contribution in [0.3, 0.4) is 0 Å². The Labute approximate surface area is 147 Å². The molecule has 0 aromatic heterocycles. The van der Waals surface area contributed by atoms with Crippen molar-refractivity contribution in [1.29, 1.82) is 0 Å². The number of nitrogens with one attached hydrogen (secondary N) is 1. The summed E-state index contributed by atoms with van der Waals surface area (Å²) in [6.45, 7) is 1.25. The molecule has 10 heteroatoms. The van der Waals surface area contributed by atoms with Crippen molar-refractivity contribution in [3.8, 4) is 5.75 Å². The largest absolute Gasteiger partial charge is 0.477 e. The minimum absolute atomic E-state index is 0.0184. The smallest absolute Gasteiger partial charge is 0.311 e. The van der Waals surface area contributed by atoms with Gasteiger partial charge in [-0.2, -0.15) is 5.10 Å². The lowest BCUT2D eigenvalue weighted by atomic mass is 10.2. The zero-order chi connectivity index (χ0) is 19.1. The monoisotopic (exact) mass is 358 g/mol. The van der Waals surface area contributed by atoms with Gasteiger partial charge in [0.2, 0.25) is 0 Å². The Hall–Kier alpha value is -3.82. The van der Waals surface area contributed by atoms with E-state index in [4.69, 9.17) is 4.74 Å². The van der Waals surface area contributed by atoms with Gasteiger partial charge in [0, 0.05) is 18.2 Å². The van der Waals surface area contributed by atoms with Crippen LogP contribution in [0.25, 0.3) is 0 Å². The maximum atomic E-state index is 11.7. The minimum atomic E-state index is -0.613. The molecule has 2 rings (SSSR count). The number of nitrogens with zero attached hydrogens (tertiary/aromatic N) is 3. The van der Waals surface area contributed by atoms with Crippen LogP contribution < -0.4 is 10.2 Å². The highest BCUT2D eigenvalue weighted by molar-refractivity contribution is 5.83. The number of ether oxygens (including phenoxy) is 1. The summed E-state index contributed by atoms with van der Waals surface area (Å²) in [4.78, 5) is 32.1. The Bertz CT molecular complexity index is 864. The Morgan fingerprint density at radius 3 is 2.46 bits per heavy atom. The highest BCUT2D eigenvalue weighted by atomic mass is 16.6. The minimum Gasteiger partial charge on any atom is -0.477 e. The molecule has 2 aromatic rings. The van der Waals surface area contributed by atoms with Crippen LogP contribution in [0, 0.1) is 27.2 Å². The Kier molecular flexibility index (Phi) is 5.93. The molecule has 0 spiro atoms. The van der Waals surface area contributed by atoms with Crippen LogP contribution in [0.4, 0.5) is 11.4 Å². The average molecular weight is 358 g/mol. The molecule has 0 aliphatic carbocycles. The van der Waals surface area contributed by atoms with Crippen molar-refractivity contribution in [1.82, 2.24) is 5.43 Å². The number of hydrazone groups is 1. The van der Waals surface area contributed by atoms with Crippen molar-refractivity contribution >= 4 is 23.5 Å². The standard InChI is InChI=1S/C16H14N4O6/c1-11-2-7-15(14(8-11)20(24)25)26-10-16(21)18-17-9-12-3-5-13(6-4-12)19(22)23/h2-9H,10H2,1H3,(H,18,21). The van der Waals surface area contributed by atoms with Gasteiger partial charge in [0.1, 0.15) is 0 Å². The lowest BCUT2D eigenvalue weighted by Crippen LogP contribution is -2.24. The topological polar surface area (TPSA) is 137 Å². The van der Waals surface area contributed by atoms with Gasteiger partial charge in [0.05, 0.1) is 16.1 Å². The number of non-ortho nitro benzene ring substituents is 1. The van der Waals surface area contributed by atoms with E-state index in [0.717, 1.165) is 0 Å². The summed E-state index contributed by atoms with van der Waals surface area (Å²) in [5, 5.41) is 25.2. The van der Waals surface area contributed by atoms with Crippen LogP contribution in [0.15, 0.2) is 47.6 Å². The van der Waals surface area contributed by atoms with Gasteiger partial charge in [-0.05, 0) is 36.2 Å². The first-order valence-electron chi connectivity index (χ1n) is 7.31. The van der Waals surface area contributed by atoms with E-state index in [1.165, 1.54) is 42.6 Å². The quantitative estimate of drug-likeness (QED) is 0.458. The lowest BCUT2D eigenvalue weighted by Gasteiger charge is -2.06. The number of rotatable bonds is 7. The number of nitro groups is 2. The fourth-order valence-corrected chi connectivity index (χ4v) is 1.93. The van der Waals surface area contributed by atoms with E-state index in [-0.39, 0.29) is 17.1 Å². The number of aryl methyl sites for hydroxylation is 1. The molecule has 2 aromatic carbocycles. The first-order valence-corrected chi connectivity index (χ1v) is 7.31. The molecule has 0 fully saturated rings. The predicted octanol–water partition coefficient (Wildman–Crippen LogP) is 2.34. The second-order valence-corrected chi connectivity index (χ2v) is 5.16. The SMILES string of the molecule is Cc1ccc(OCC(=O)NN=Cc2ccc([N+](=O)[O-])cc2)c([N+](=O)[O-])c1. The number of carbonyl (C=O) groups excluding carboxylic acids is 1. The highest BCUT2D eigenvalue weighted by Crippen LogP contribution is 2.27. The first kappa shape index (κ1) is 18.5. The Morgan fingerprint density at radius 1 is 1.15 bits per heavy atom. The highest BCUT2D eigenvalue weighted by Gasteiger charge is 2.16. The molecule has 0 radical (unpaired) electrons. The maximum Gasteiger partial charge on any atom is 0.311 e. The molecule has 1 N–H and O–H groups in total. The third-order valence-electron chi connectivity index (χ3n) is 3.18. The van der Waals surface area contributed by atoms with Crippen molar-refractivity contribution in [2.75, 3.05) is 6.61 Å². The van der Waals surface area contributed by atoms with Crippen LogP contribution in [0.2, 0.25) is 0 Å². The molecular formula is C16H14N4O6. The normalized spacial score (nSPS) is 10.5. The van der Waals surface area contributed by atoms with Crippen LogP contribution >= 0.6 is 0 Å². The number of carbonyl (C=O) groups is 1. The van der Waals surface area contributed by atoms with Gasteiger partial charge in [-0.1, -0.05) is 6.07 Å². The molecule has 26 heavy (non-hydrogen) atoms. The van der Waals surface area contributed by atoms with Gasteiger partial charge in [0.15, 0.2) is 12.4 Å². The van der Waals surface area contributed by atoms with E-state index in [2.05, 4.69) is 10.5 Å². The maximum absolute atomic E-state index is 11.7. The fraction of sp³-hybridized carbons (Fsp3) is 0.125. The third-order valence-corrected chi connectivity index (χ3v) is 3.18. The van der Waals surface area contributed by atoms with Crippen LogP contribution in [-0.2, 0) is 4.79 Å². The molecule has 0 saturated heterocycles. The summed E-state index contributed by atoms with van der Waals surface area (Å²) >= 11 is 0. The van der Waals surface area contributed by atoms with E-state index >= 15 is 0 Å². The zero-order valence-corrected chi connectivity index (χ0v) is 13.6. The Morgan fingerprint density at radius 2 is 1.85 bits per heavy atom. The molecule has 1 amide bonds. The molecule has 0 atom stereocenters. The molecule has 134 valence electrons. The van der Waals surface area contributed by atoms with E-state index in [0.29, 0.717) is 11.1 Å². The molecule has 0 bridgehead atoms. The number of hydrogen-bond acceptors (Lipinski definition) is 7. The van der Waals surface area contributed by atoms with Crippen LogP contribution in [0.5, 0.6) is 5.75 Å². The van der Waals surface area contributed by atoms with Gasteiger partial charge in [-0.3, -0.25) is 25.0 Å². The van der Waals surface area contributed by atoms with E-state index in [1.807, 2.05) is 0 Å². The summed E-state index contributed by atoms with van der Waals surface area (Å²) in [6.07, 6.45) is 1.30. The van der Waals surface area contributed by atoms with E-state index in [9.17, 15) is 25.0 Å². The summed E-state index contributed by atoms with van der Waals surface area (Å²) < 4.78 is 5.16. The second-order valence-electron chi connectivity index (χ2n) is 5.16. The lowest BCUT2D eigenvalue weighted by molar-refractivity contribution is -0.385. The number of amides is 1. The van der Waals surface area contributed by atoms with Gasteiger partial charge >= 0.3 is 5.69 Å². The van der Waals surface area contributed by atoms with Gasteiger partial charge in [-0.15, -0.1) is 0 Å². The van der Waals surface area contributed by atoms with Gasteiger partial charge in [-0.25, -0.2) is 5.43 Å². The number of hydrogen-bond donors (Lipinski definition) is 1.